The third kappa shape index (κ3) is 3.95. The first kappa shape index (κ1) is 17.9. The monoisotopic (exact) mass is 366 g/mol. The number of hydrogen-bond donors (Lipinski definition) is 1. The van der Waals surface area contributed by atoms with Gasteiger partial charge in [0.2, 0.25) is 11.8 Å². The minimum absolute atomic E-state index is 0.0107. The normalized spacial score (nSPS) is 23.1. The first-order valence-electron chi connectivity index (χ1n) is 9.77. The third-order valence-electron chi connectivity index (χ3n) is 5.73. The first-order valence-corrected chi connectivity index (χ1v) is 9.77. The topological polar surface area (TPSA) is 65.5 Å². The largest absolute Gasteiger partial charge is 0.339 e. The van der Waals surface area contributed by atoms with Crippen molar-refractivity contribution in [3.8, 4) is 0 Å². The molecule has 27 heavy (non-hydrogen) atoms. The highest BCUT2D eigenvalue weighted by atomic mass is 16.2. The maximum atomic E-state index is 12.6. The van der Waals surface area contributed by atoms with Crippen molar-refractivity contribution in [3.63, 3.8) is 0 Å². The van der Waals surface area contributed by atoms with Crippen LogP contribution in [0.2, 0.25) is 0 Å². The average Bonchev–Trinajstić information content (AvgIpc) is 3.30. The predicted octanol–water partition coefficient (Wildman–Crippen LogP) is 2.51. The van der Waals surface area contributed by atoms with Gasteiger partial charge >= 0.3 is 0 Å². The Morgan fingerprint density at radius 3 is 2.89 bits per heavy atom. The molecule has 2 amide bonds. The number of amides is 2. The summed E-state index contributed by atoms with van der Waals surface area (Å²) in [5.41, 5.74) is 1.64. The number of rotatable bonds is 4. The van der Waals surface area contributed by atoms with Gasteiger partial charge in [-0.3, -0.25) is 19.5 Å². The van der Waals surface area contributed by atoms with E-state index in [9.17, 15) is 9.59 Å². The van der Waals surface area contributed by atoms with E-state index in [2.05, 4.69) is 22.1 Å². The molecule has 1 aromatic carbocycles. The zero-order valence-corrected chi connectivity index (χ0v) is 15.7. The zero-order chi connectivity index (χ0) is 18.8. The highest BCUT2D eigenvalue weighted by molar-refractivity contribution is 5.94. The Kier molecular flexibility index (Phi) is 5.07. The number of likely N-dealkylation sites (tertiary alicyclic amines) is 2. The maximum absolute atomic E-state index is 12.6. The van der Waals surface area contributed by atoms with Gasteiger partial charge in [-0.1, -0.05) is 18.2 Å². The molecule has 2 aromatic rings. The second-order valence-corrected chi connectivity index (χ2v) is 7.71. The lowest BCUT2D eigenvalue weighted by molar-refractivity contribution is -0.133. The van der Waals surface area contributed by atoms with E-state index < -0.39 is 0 Å². The molecule has 4 rings (SSSR count). The van der Waals surface area contributed by atoms with E-state index in [1.165, 1.54) is 0 Å². The summed E-state index contributed by atoms with van der Waals surface area (Å²) >= 11 is 0. The molecule has 2 saturated heterocycles. The summed E-state index contributed by atoms with van der Waals surface area (Å²) in [6, 6.07) is 10.1. The van der Waals surface area contributed by atoms with Crippen LogP contribution < -0.4 is 5.32 Å². The number of nitrogens with zero attached hydrogens (tertiary/aromatic N) is 3. The number of carbonyl (C=O) groups is 2. The second kappa shape index (κ2) is 7.64. The van der Waals surface area contributed by atoms with Crippen molar-refractivity contribution in [1.29, 1.82) is 0 Å². The summed E-state index contributed by atoms with van der Waals surface area (Å²) in [5.74, 6) is 0.122. The maximum Gasteiger partial charge on any atom is 0.236 e. The third-order valence-corrected chi connectivity index (χ3v) is 5.73. The van der Waals surface area contributed by atoms with Crippen molar-refractivity contribution in [1.82, 2.24) is 14.8 Å². The Bertz CT molecular complexity index is 853. The van der Waals surface area contributed by atoms with Gasteiger partial charge in [-0.2, -0.15) is 0 Å². The summed E-state index contributed by atoms with van der Waals surface area (Å²) in [4.78, 5) is 33.6. The molecular weight excluding hydrogens is 340 g/mol. The van der Waals surface area contributed by atoms with Crippen LogP contribution in [0.5, 0.6) is 0 Å². The lowest BCUT2D eigenvalue weighted by atomic mass is 10.1. The van der Waals surface area contributed by atoms with Crippen LogP contribution in [0.15, 0.2) is 36.5 Å². The highest BCUT2D eigenvalue weighted by Crippen LogP contribution is 2.22. The average molecular weight is 366 g/mol. The van der Waals surface area contributed by atoms with Crippen molar-refractivity contribution < 1.29 is 9.59 Å². The van der Waals surface area contributed by atoms with Crippen molar-refractivity contribution in [3.05, 3.63) is 36.5 Å². The van der Waals surface area contributed by atoms with Crippen LogP contribution in [-0.4, -0.2) is 58.8 Å². The summed E-state index contributed by atoms with van der Waals surface area (Å²) in [6.45, 7) is 4.84. The molecule has 0 spiro atoms. The van der Waals surface area contributed by atoms with Gasteiger partial charge in [0.25, 0.3) is 0 Å². The van der Waals surface area contributed by atoms with E-state index in [0.717, 1.165) is 48.9 Å². The molecule has 0 bridgehead atoms. The van der Waals surface area contributed by atoms with E-state index >= 15 is 0 Å². The Hall–Kier alpha value is -2.47. The van der Waals surface area contributed by atoms with Gasteiger partial charge in [-0.25, -0.2) is 0 Å². The Morgan fingerprint density at radius 1 is 1.22 bits per heavy atom. The number of benzene rings is 1. The Morgan fingerprint density at radius 2 is 2.07 bits per heavy atom. The molecule has 3 heterocycles. The van der Waals surface area contributed by atoms with Gasteiger partial charge in [-0.05, 0) is 44.9 Å². The summed E-state index contributed by atoms with van der Waals surface area (Å²) in [7, 11) is 0. The molecule has 2 aliphatic heterocycles. The molecule has 0 aliphatic carbocycles. The standard InChI is InChI=1S/C21H26N4O2/c1-15-5-4-9-25(15)20(26)14-24-10-8-17(13-24)21(27)23-18-11-16-6-2-3-7-19(16)22-12-18/h2-3,6-7,11-12,15,17H,4-5,8-10,13-14H2,1H3,(H,23,27)/t15-,17-/m1/s1. The first-order chi connectivity index (χ1) is 13.1. The zero-order valence-electron chi connectivity index (χ0n) is 15.7. The van der Waals surface area contributed by atoms with Crippen molar-refractivity contribution >= 4 is 28.4 Å². The number of hydrogen-bond acceptors (Lipinski definition) is 4. The lowest BCUT2D eigenvalue weighted by Crippen LogP contribution is -2.41. The molecule has 6 nitrogen and oxygen atoms in total. The van der Waals surface area contributed by atoms with Crippen LogP contribution in [0.25, 0.3) is 10.9 Å². The van der Waals surface area contributed by atoms with E-state index in [-0.39, 0.29) is 17.7 Å². The molecular formula is C21H26N4O2. The smallest absolute Gasteiger partial charge is 0.236 e. The minimum atomic E-state index is -0.0831. The molecule has 2 atom stereocenters. The fourth-order valence-corrected chi connectivity index (χ4v) is 4.16. The van der Waals surface area contributed by atoms with E-state index in [1.807, 2.05) is 35.2 Å². The minimum Gasteiger partial charge on any atom is -0.339 e. The molecule has 6 heteroatoms. The Balaban J connectivity index is 1.32. The van der Waals surface area contributed by atoms with Crippen LogP contribution in [0, 0.1) is 5.92 Å². The molecule has 142 valence electrons. The summed E-state index contributed by atoms with van der Waals surface area (Å²) in [5, 5.41) is 4.00. The van der Waals surface area contributed by atoms with Crippen molar-refractivity contribution in [2.45, 2.75) is 32.2 Å². The fraction of sp³-hybridized carbons (Fsp3) is 0.476. The number of fused-ring (bicyclic) bond motifs is 1. The van der Waals surface area contributed by atoms with Gasteiger partial charge in [0.15, 0.2) is 0 Å². The van der Waals surface area contributed by atoms with E-state index in [0.29, 0.717) is 19.1 Å². The number of aromatic nitrogens is 1. The van der Waals surface area contributed by atoms with Gasteiger partial charge in [0, 0.05) is 24.5 Å². The van der Waals surface area contributed by atoms with Crippen molar-refractivity contribution in [2.75, 3.05) is 31.5 Å². The number of para-hydroxylation sites is 1. The highest BCUT2D eigenvalue weighted by Gasteiger charge is 2.32. The molecule has 1 N–H and O–H groups in total. The second-order valence-electron chi connectivity index (χ2n) is 7.71. The molecule has 0 radical (unpaired) electrons. The predicted molar refractivity (Wildman–Crippen MR) is 105 cm³/mol. The molecule has 1 aromatic heterocycles. The van der Waals surface area contributed by atoms with Crippen LogP contribution in [-0.2, 0) is 9.59 Å². The fourth-order valence-electron chi connectivity index (χ4n) is 4.16. The molecule has 0 unspecified atom stereocenters. The van der Waals surface area contributed by atoms with Crippen LogP contribution in [0.3, 0.4) is 0 Å². The number of pyridine rings is 1. The number of carbonyl (C=O) groups excluding carboxylic acids is 2. The molecule has 2 fully saturated rings. The quantitative estimate of drug-likeness (QED) is 0.903. The van der Waals surface area contributed by atoms with Gasteiger partial charge < -0.3 is 10.2 Å². The number of anilines is 1. The van der Waals surface area contributed by atoms with E-state index in [1.54, 1.807) is 6.20 Å². The van der Waals surface area contributed by atoms with Crippen LogP contribution >= 0.6 is 0 Å². The van der Waals surface area contributed by atoms with Gasteiger partial charge in [-0.15, -0.1) is 0 Å². The van der Waals surface area contributed by atoms with Gasteiger partial charge in [0.1, 0.15) is 0 Å². The van der Waals surface area contributed by atoms with Crippen LogP contribution in [0.4, 0.5) is 5.69 Å². The molecule has 2 aliphatic rings. The SMILES string of the molecule is C[C@@H]1CCCN1C(=O)CN1CC[C@@H](C(=O)Nc2cnc3ccccc3c2)C1. The lowest BCUT2D eigenvalue weighted by Gasteiger charge is -2.24. The van der Waals surface area contributed by atoms with E-state index in [4.69, 9.17) is 0 Å². The van der Waals surface area contributed by atoms with Crippen molar-refractivity contribution in [2.24, 2.45) is 5.92 Å². The van der Waals surface area contributed by atoms with Crippen LogP contribution in [0.1, 0.15) is 26.2 Å². The summed E-state index contributed by atoms with van der Waals surface area (Å²) in [6.07, 6.45) is 4.68. The number of nitrogens with one attached hydrogen (secondary N) is 1. The molecule has 0 saturated carbocycles. The van der Waals surface area contributed by atoms with Gasteiger partial charge in [0.05, 0.1) is 29.9 Å². The summed E-state index contributed by atoms with van der Waals surface area (Å²) < 4.78 is 0. The Labute approximate surface area is 159 Å².